The van der Waals surface area contributed by atoms with Crippen molar-refractivity contribution in [2.45, 2.75) is 26.2 Å². The summed E-state index contributed by atoms with van der Waals surface area (Å²) >= 11 is 0. The van der Waals surface area contributed by atoms with Gasteiger partial charge in [0.15, 0.2) is 6.61 Å². The first-order valence-corrected chi connectivity index (χ1v) is 10.2. The Morgan fingerprint density at radius 2 is 1.59 bits per heavy atom. The van der Waals surface area contributed by atoms with Crippen molar-refractivity contribution in [2.24, 2.45) is 5.92 Å². The van der Waals surface area contributed by atoms with Crippen LogP contribution in [0, 0.1) is 5.92 Å². The topological polar surface area (TPSA) is 67.9 Å². The molecule has 2 aromatic carbocycles. The smallest absolute Gasteiger partial charge is 0.260 e. The lowest BCUT2D eigenvalue weighted by Gasteiger charge is -2.31. The quantitative estimate of drug-likeness (QED) is 0.740. The highest BCUT2D eigenvalue weighted by molar-refractivity contribution is 5.80. The van der Waals surface area contributed by atoms with Crippen LogP contribution in [0.3, 0.4) is 0 Å². The van der Waals surface area contributed by atoms with E-state index < -0.39 is 0 Å². The van der Waals surface area contributed by atoms with Gasteiger partial charge in [-0.05, 0) is 55.7 Å². The van der Waals surface area contributed by atoms with Crippen molar-refractivity contribution in [3.8, 4) is 17.2 Å². The second-order valence-electron chi connectivity index (χ2n) is 7.12. The molecule has 1 fully saturated rings. The monoisotopic (exact) mass is 396 g/mol. The molecule has 1 N–H and O–H groups in total. The van der Waals surface area contributed by atoms with Gasteiger partial charge < -0.3 is 19.7 Å². The molecule has 6 heteroatoms. The standard InChI is InChI=1S/C23H28N2O4/c1-2-14-24-23(27)18-12-15-25(16-13-18)22(26)17-28-19-8-10-21(11-9-19)29-20-6-4-3-5-7-20/h3-11,18H,2,12-17H2,1H3,(H,24,27). The van der Waals surface area contributed by atoms with Crippen LogP contribution in [0.5, 0.6) is 17.2 Å². The third-order valence-corrected chi connectivity index (χ3v) is 4.93. The molecule has 29 heavy (non-hydrogen) atoms. The van der Waals surface area contributed by atoms with Gasteiger partial charge in [-0.1, -0.05) is 25.1 Å². The lowest BCUT2D eigenvalue weighted by atomic mass is 9.96. The van der Waals surface area contributed by atoms with E-state index in [-0.39, 0.29) is 24.3 Å². The Morgan fingerprint density at radius 3 is 2.24 bits per heavy atom. The van der Waals surface area contributed by atoms with Gasteiger partial charge in [-0.25, -0.2) is 0 Å². The first-order valence-electron chi connectivity index (χ1n) is 10.2. The number of nitrogens with zero attached hydrogens (tertiary/aromatic N) is 1. The van der Waals surface area contributed by atoms with Crippen LogP contribution in [0.4, 0.5) is 0 Å². The normalized spacial score (nSPS) is 14.3. The fraction of sp³-hybridized carbons (Fsp3) is 0.391. The van der Waals surface area contributed by atoms with Crippen molar-refractivity contribution >= 4 is 11.8 Å². The molecular formula is C23H28N2O4. The van der Waals surface area contributed by atoms with E-state index in [1.54, 1.807) is 17.0 Å². The van der Waals surface area contributed by atoms with E-state index in [9.17, 15) is 9.59 Å². The minimum atomic E-state index is -0.0537. The minimum absolute atomic E-state index is 0.00340. The van der Waals surface area contributed by atoms with Gasteiger partial charge in [-0.2, -0.15) is 0 Å². The zero-order valence-corrected chi connectivity index (χ0v) is 16.8. The van der Waals surface area contributed by atoms with Crippen LogP contribution in [-0.2, 0) is 9.59 Å². The first kappa shape index (κ1) is 20.7. The van der Waals surface area contributed by atoms with E-state index in [1.807, 2.05) is 49.4 Å². The zero-order valence-electron chi connectivity index (χ0n) is 16.8. The summed E-state index contributed by atoms with van der Waals surface area (Å²) in [6.07, 6.45) is 2.33. The highest BCUT2D eigenvalue weighted by Crippen LogP contribution is 2.24. The van der Waals surface area contributed by atoms with Crippen molar-refractivity contribution in [1.29, 1.82) is 0 Å². The van der Waals surface area contributed by atoms with E-state index in [0.717, 1.165) is 12.2 Å². The number of amides is 2. The summed E-state index contributed by atoms with van der Waals surface area (Å²) in [6.45, 7) is 3.92. The molecule has 154 valence electrons. The Bertz CT molecular complexity index is 784. The number of hydrogen-bond donors (Lipinski definition) is 1. The van der Waals surface area contributed by atoms with Crippen LogP contribution in [0.15, 0.2) is 54.6 Å². The average Bonchev–Trinajstić information content (AvgIpc) is 2.77. The van der Waals surface area contributed by atoms with Crippen LogP contribution >= 0.6 is 0 Å². The average molecular weight is 396 g/mol. The van der Waals surface area contributed by atoms with Crippen molar-refractivity contribution in [3.05, 3.63) is 54.6 Å². The van der Waals surface area contributed by atoms with E-state index in [2.05, 4.69) is 5.32 Å². The molecule has 2 aromatic rings. The summed E-state index contributed by atoms with van der Waals surface area (Å²) in [5, 5.41) is 2.94. The number of benzene rings is 2. The predicted octanol–water partition coefficient (Wildman–Crippen LogP) is 3.62. The summed E-state index contributed by atoms with van der Waals surface area (Å²) in [5.74, 6) is 2.15. The fourth-order valence-electron chi connectivity index (χ4n) is 3.25. The molecule has 0 saturated carbocycles. The number of rotatable bonds is 8. The van der Waals surface area contributed by atoms with Gasteiger partial charge in [0.05, 0.1) is 0 Å². The molecule has 3 rings (SSSR count). The summed E-state index contributed by atoms with van der Waals surface area (Å²) < 4.78 is 11.4. The molecule has 6 nitrogen and oxygen atoms in total. The second kappa shape index (κ2) is 10.5. The molecule has 0 radical (unpaired) electrons. The van der Waals surface area contributed by atoms with Gasteiger partial charge in [0.2, 0.25) is 5.91 Å². The van der Waals surface area contributed by atoms with Gasteiger partial charge in [-0.15, -0.1) is 0 Å². The van der Waals surface area contributed by atoms with Crippen molar-refractivity contribution in [1.82, 2.24) is 10.2 Å². The van der Waals surface area contributed by atoms with Gasteiger partial charge in [0, 0.05) is 25.6 Å². The fourth-order valence-corrected chi connectivity index (χ4v) is 3.25. The number of hydrogen-bond acceptors (Lipinski definition) is 4. The molecule has 1 aliphatic heterocycles. The molecule has 1 aliphatic rings. The van der Waals surface area contributed by atoms with Crippen LogP contribution < -0.4 is 14.8 Å². The highest BCUT2D eigenvalue weighted by Gasteiger charge is 2.27. The van der Waals surface area contributed by atoms with E-state index in [1.165, 1.54) is 0 Å². The number of piperidine rings is 1. The molecule has 1 heterocycles. The number of carbonyl (C=O) groups is 2. The van der Waals surface area contributed by atoms with Crippen LogP contribution in [-0.4, -0.2) is 43.0 Å². The zero-order chi connectivity index (χ0) is 20.5. The maximum Gasteiger partial charge on any atom is 0.260 e. The van der Waals surface area contributed by atoms with Crippen molar-refractivity contribution < 1.29 is 19.1 Å². The number of nitrogens with one attached hydrogen (secondary N) is 1. The van der Waals surface area contributed by atoms with E-state index in [0.29, 0.717) is 44.0 Å². The third kappa shape index (κ3) is 6.24. The Morgan fingerprint density at radius 1 is 0.966 bits per heavy atom. The Kier molecular flexibility index (Phi) is 7.50. The minimum Gasteiger partial charge on any atom is -0.484 e. The first-order chi connectivity index (χ1) is 14.2. The second-order valence-corrected chi connectivity index (χ2v) is 7.12. The molecule has 2 amide bonds. The van der Waals surface area contributed by atoms with E-state index >= 15 is 0 Å². The molecule has 0 aliphatic carbocycles. The summed E-state index contributed by atoms with van der Waals surface area (Å²) in [5.41, 5.74) is 0. The molecular weight excluding hydrogens is 368 g/mol. The number of para-hydroxylation sites is 1. The van der Waals surface area contributed by atoms with Gasteiger partial charge >= 0.3 is 0 Å². The summed E-state index contributed by atoms with van der Waals surface area (Å²) in [7, 11) is 0. The third-order valence-electron chi connectivity index (χ3n) is 4.93. The Hall–Kier alpha value is -3.02. The lowest BCUT2D eigenvalue weighted by molar-refractivity contribution is -0.137. The van der Waals surface area contributed by atoms with Gasteiger partial charge in [-0.3, -0.25) is 9.59 Å². The number of ether oxygens (including phenoxy) is 2. The largest absolute Gasteiger partial charge is 0.484 e. The van der Waals surface area contributed by atoms with Crippen LogP contribution in [0.1, 0.15) is 26.2 Å². The van der Waals surface area contributed by atoms with Crippen LogP contribution in [0.25, 0.3) is 0 Å². The lowest BCUT2D eigenvalue weighted by Crippen LogP contribution is -2.44. The van der Waals surface area contributed by atoms with Gasteiger partial charge in [0.25, 0.3) is 5.91 Å². The molecule has 0 atom stereocenters. The van der Waals surface area contributed by atoms with E-state index in [4.69, 9.17) is 9.47 Å². The SMILES string of the molecule is CCCNC(=O)C1CCN(C(=O)COc2ccc(Oc3ccccc3)cc2)CC1. The van der Waals surface area contributed by atoms with Crippen molar-refractivity contribution in [2.75, 3.05) is 26.2 Å². The maximum atomic E-state index is 12.4. The van der Waals surface area contributed by atoms with Crippen molar-refractivity contribution in [3.63, 3.8) is 0 Å². The highest BCUT2D eigenvalue weighted by atomic mass is 16.5. The molecule has 0 spiro atoms. The Labute approximate surface area is 171 Å². The van der Waals surface area contributed by atoms with Crippen LogP contribution in [0.2, 0.25) is 0 Å². The molecule has 0 unspecified atom stereocenters. The molecule has 0 bridgehead atoms. The van der Waals surface area contributed by atoms with Gasteiger partial charge in [0.1, 0.15) is 17.2 Å². The molecule has 0 aromatic heterocycles. The maximum absolute atomic E-state index is 12.4. The Balaban J connectivity index is 1.41. The summed E-state index contributed by atoms with van der Waals surface area (Å²) in [6, 6.07) is 16.7. The number of carbonyl (C=O) groups excluding carboxylic acids is 2. The number of likely N-dealkylation sites (tertiary alicyclic amines) is 1. The molecule has 1 saturated heterocycles. The predicted molar refractivity (Wildman–Crippen MR) is 111 cm³/mol. The summed E-state index contributed by atoms with van der Waals surface area (Å²) in [4.78, 5) is 26.2.